The lowest BCUT2D eigenvalue weighted by Gasteiger charge is -2.37. The molecule has 14 N–H and O–H groups in total. The number of nitrogens with two attached hydrogens (primary N) is 2. The number of nitrogens with zero attached hydrogens (tertiary/aromatic N) is 1. The summed E-state index contributed by atoms with van der Waals surface area (Å²) < 4.78 is 42.5. The average molecular weight is 553 g/mol. The Morgan fingerprint density at radius 2 is 1.78 bits per heavy atom. The monoisotopic (exact) mass is 552 g/mol. The van der Waals surface area contributed by atoms with Crippen molar-refractivity contribution in [3.05, 3.63) is 41.2 Å². The SMILES string of the molecule is CC(=O)N[C@@H](CC(C)C)[C@H]1CC=C(P(=O)([O-])O)C[C@@H]1N=C(N)N.Cc1ccc(S(=O)(=O)[O-])cc1.[NH4+].[NH4+]. The number of quaternary nitrogens is 2. The third-order valence-electron chi connectivity index (χ3n) is 5.16. The number of rotatable bonds is 7. The van der Waals surface area contributed by atoms with Crippen LogP contribution in [0.1, 0.15) is 45.6 Å². The quantitative estimate of drug-likeness (QED) is 0.124. The van der Waals surface area contributed by atoms with Crippen LogP contribution in [0.2, 0.25) is 0 Å². The fourth-order valence-electron chi connectivity index (χ4n) is 3.69. The number of carbonyl (C=O) groups excluding carboxylic acids is 1. The summed E-state index contributed by atoms with van der Waals surface area (Å²) in [5.74, 6) is -0.115. The van der Waals surface area contributed by atoms with Gasteiger partial charge in [-0.1, -0.05) is 37.6 Å². The highest BCUT2D eigenvalue weighted by molar-refractivity contribution is 7.85. The van der Waals surface area contributed by atoms with Gasteiger partial charge in [0.2, 0.25) is 5.91 Å². The standard InChI is InChI=1S/C14H27N4O4P.C7H8O3S.2H3N/c1-8(2)6-12(17-9(3)19)11-5-4-10(23(20,21)22)7-13(11)18-14(15)16;1-6-2-4-7(5-3-6)11(8,9)10;;/h4,8,11-13H,5-7H2,1-3H3,(H,17,19)(H4,15,16,18)(H2,20,21,22);2-5H,1H3,(H,8,9,10);2*1H3/t11-,12+,13+;;;/m1.../s1. The molecule has 4 atom stereocenters. The fraction of sp³-hybridized carbons (Fsp3) is 0.524. The van der Waals surface area contributed by atoms with Gasteiger partial charge >= 0.3 is 0 Å². The molecule has 0 fully saturated rings. The van der Waals surface area contributed by atoms with E-state index >= 15 is 0 Å². The molecule has 0 aromatic heterocycles. The molecular weight excluding hydrogens is 511 g/mol. The van der Waals surface area contributed by atoms with Crippen molar-refractivity contribution in [2.75, 3.05) is 0 Å². The van der Waals surface area contributed by atoms with Crippen LogP contribution in [0.15, 0.2) is 45.5 Å². The summed E-state index contributed by atoms with van der Waals surface area (Å²) in [5.41, 5.74) is 11.8. The van der Waals surface area contributed by atoms with Crippen LogP contribution in [-0.2, 0) is 19.5 Å². The molecule has 1 aromatic carbocycles. The average Bonchev–Trinajstić information content (AvgIpc) is 2.65. The van der Waals surface area contributed by atoms with Gasteiger partial charge in [0.05, 0.1) is 10.9 Å². The summed E-state index contributed by atoms with van der Waals surface area (Å²) >= 11 is 0. The summed E-state index contributed by atoms with van der Waals surface area (Å²) in [6.45, 7) is 7.33. The highest BCUT2D eigenvalue weighted by Gasteiger charge is 2.35. The molecule has 36 heavy (non-hydrogen) atoms. The Kier molecular flexibility index (Phi) is 15.0. The van der Waals surface area contributed by atoms with E-state index in [1.807, 2.05) is 20.8 Å². The van der Waals surface area contributed by atoms with Gasteiger partial charge in [-0.3, -0.25) is 4.79 Å². The molecule has 1 aliphatic carbocycles. The van der Waals surface area contributed by atoms with Crippen molar-refractivity contribution in [3.63, 3.8) is 0 Å². The molecule has 1 unspecified atom stereocenters. The van der Waals surface area contributed by atoms with Gasteiger partial charge in [-0.05, 0) is 49.6 Å². The fourth-order valence-corrected chi connectivity index (χ4v) is 4.91. The molecule has 1 aromatic rings. The van der Waals surface area contributed by atoms with Crippen LogP contribution in [0.5, 0.6) is 0 Å². The van der Waals surface area contributed by atoms with Crippen LogP contribution >= 0.6 is 7.60 Å². The molecular formula is C21H41N6O7PS. The summed E-state index contributed by atoms with van der Waals surface area (Å²) in [4.78, 5) is 36.1. The van der Waals surface area contributed by atoms with Crippen LogP contribution in [-0.4, -0.2) is 41.8 Å². The predicted octanol–water partition coefficient (Wildman–Crippen LogP) is 1.67. The molecule has 1 aliphatic rings. The third kappa shape index (κ3) is 12.6. The molecule has 0 heterocycles. The first-order chi connectivity index (χ1) is 15.5. The molecule has 0 saturated carbocycles. The first-order valence-electron chi connectivity index (χ1n) is 10.6. The zero-order valence-corrected chi connectivity index (χ0v) is 23.4. The molecule has 0 aliphatic heterocycles. The van der Waals surface area contributed by atoms with Crippen LogP contribution in [0.3, 0.4) is 0 Å². The highest BCUT2D eigenvalue weighted by atomic mass is 32.2. The van der Waals surface area contributed by atoms with Crippen molar-refractivity contribution < 1.29 is 32.1 Å². The number of aliphatic imine (C=N–C) groups is 1. The number of amides is 1. The molecule has 0 spiro atoms. The highest BCUT2D eigenvalue weighted by Crippen LogP contribution is 2.47. The minimum atomic E-state index is -4.56. The van der Waals surface area contributed by atoms with E-state index in [4.69, 9.17) is 11.5 Å². The van der Waals surface area contributed by atoms with E-state index in [9.17, 15) is 32.1 Å². The molecule has 1 amide bonds. The summed E-state index contributed by atoms with van der Waals surface area (Å²) in [6, 6.07) is 5.10. The maximum Gasteiger partial charge on any atom is 0.217 e. The summed E-state index contributed by atoms with van der Waals surface area (Å²) in [6.07, 6.45) is 2.60. The molecule has 208 valence electrons. The summed E-state index contributed by atoms with van der Waals surface area (Å²) in [7, 11) is -8.83. The Bertz CT molecular complexity index is 1050. The van der Waals surface area contributed by atoms with Crippen LogP contribution < -0.4 is 34.0 Å². The minimum absolute atomic E-state index is 0. The number of hydrogen-bond donors (Lipinski definition) is 6. The second-order valence-electron chi connectivity index (χ2n) is 8.64. The van der Waals surface area contributed by atoms with Gasteiger partial charge in [0, 0.05) is 18.9 Å². The molecule has 13 nitrogen and oxygen atoms in total. The van der Waals surface area contributed by atoms with E-state index in [-0.39, 0.29) is 52.8 Å². The van der Waals surface area contributed by atoms with Crippen molar-refractivity contribution >= 4 is 29.6 Å². The normalized spacial score (nSPS) is 19.6. The van der Waals surface area contributed by atoms with Crippen molar-refractivity contribution in [1.29, 1.82) is 0 Å². The van der Waals surface area contributed by atoms with E-state index in [0.717, 1.165) is 12.0 Å². The molecule has 2 rings (SSSR count). The first-order valence-corrected chi connectivity index (χ1v) is 13.6. The number of aryl methyl sites for hydroxylation is 1. The Morgan fingerprint density at radius 3 is 2.17 bits per heavy atom. The van der Waals surface area contributed by atoms with Gasteiger partial charge in [-0.25, -0.2) is 13.4 Å². The van der Waals surface area contributed by atoms with E-state index in [2.05, 4.69) is 10.3 Å². The Balaban J connectivity index is 0. The second kappa shape index (κ2) is 15.1. The van der Waals surface area contributed by atoms with E-state index < -0.39 is 23.8 Å². The number of carbonyl (C=O) groups is 1. The lowest BCUT2D eigenvalue weighted by Crippen LogP contribution is -2.46. The zero-order valence-electron chi connectivity index (χ0n) is 21.7. The third-order valence-corrected chi connectivity index (χ3v) is 7.10. The van der Waals surface area contributed by atoms with E-state index in [1.165, 1.54) is 25.1 Å². The molecule has 0 saturated heterocycles. The van der Waals surface area contributed by atoms with Gasteiger partial charge in [0.1, 0.15) is 10.1 Å². The Morgan fingerprint density at radius 1 is 1.25 bits per heavy atom. The lowest BCUT2D eigenvalue weighted by molar-refractivity contribution is -0.190. The van der Waals surface area contributed by atoms with Crippen LogP contribution in [0.4, 0.5) is 0 Å². The smallest absolute Gasteiger partial charge is 0.217 e. The number of nitrogens with one attached hydrogen (secondary N) is 1. The van der Waals surface area contributed by atoms with Gasteiger partial charge < -0.3 is 48.0 Å². The van der Waals surface area contributed by atoms with Crippen molar-refractivity contribution in [2.24, 2.45) is 28.3 Å². The number of allylic oxidation sites excluding steroid dienone is 1. The molecule has 0 bridgehead atoms. The molecule has 0 radical (unpaired) electrons. The Hall–Kier alpha value is -2.32. The predicted molar refractivity (Wildman–Crippen MR) is 138 cm³/mol. The number of guanidine groups is 1. The van der Waals surface area contributed by atoms with Gasteiger partial charge in [0.25, 0.3) is 0 Å². The number of benzene rings is 1. The number of hydrogen-bond acceptors (Lipinski definition) is 7. The summed E-state index contributed by atoms with van der Waals surface area (Å²) in [5, 5.41) is 2.85. The van der Waals surface area contributed by atoms with Gasteiger partial charge in [0.15, 0.2) is 13.6 Å². The molecule has 15 heteroatoms. The van der Waals surface area contributed by atoms with Crippen molar-refractivity contribution in [1.82, 2.24) is 17.6 Å². The lowest BCUT2D eigenvalue weighted by atomic mass is 9.80. The van der Waals surface area contributed by atoms with Gasteiger partial charge in [-0.15, -0.1) is 0 Å². The minimum Gasteiger partial charge on any atom is -0.775 e. The topological polar surface area (TPSA) is 284 Å². The maximum absolute atomic E-state index is 11.5. The van der Waals surface area contributed by atoms with Crippen LogP contribution in [0, 0.1) is 18.8 Å². The Labute approximate surface area is 212 Å². The maximum atomic E-state index is 11.5. The van der Waals surface area contributed by atoms with Crippen LogP contribution in [0.25, 0.3) is 0 Å². The van der Waals surface area contributed by atoms with Gasteiger partial charge in [-0.2, -0.15) is 0 Å². The first kappa shape index (κ1) is 35.8. The van der Waals surface area contributed by atoms with Crippen molar-refractivity contribution in [2.45, 2.75) is 63.9 Å². The van der Waals surface area contributed by atoms with Crippen molar-refractivity contribution in [3.8, 4) is 0 Å². The zero-order chi connectivity index (χ0) is 26.3. The largest absolute Gasteiger partial charge is 0.775 e. The van der Waals surface area contributed by atoms with E-state index in [1.54, 1.807) is 12.1 Å². The van der Waals surface area contributed by atoms with E-state index in [0.29, 0.717) is 12.3 Å². The second-order valence-corrected chi connectivity index (χ2v) is 11.6.